The number of nitrogens with one attached hydrogen (secondary N) is 1. The van der Waals surface area contributed by atoms with Crippen molar-refractivity contribution in [2.24, 2.45) is 5.92 Å². The van der Waals surface area contributed by atoms with Crippen molar-refractivity contribution in [2.75, 3.05) is 25.0 Å². The Morgan fingerprint density at radius 3 is 2.74 bits per heavy atom. The smallest absolute Gasteiger partial charge is 0.240 e. The minimum absolute atomic E-state index is 0.0352. The third kappa shape index (κ3) is 3.51. The molecule has 0 unspecified atom stereocenters. The summed E-state index contributed by atoms with van der Waals surface area (Å²) >= 11 is 1.52. The molecule has 1 aliphatic heterocycles. The first-order valence-electron chi connectivity index (χ1n) is 7.06. The van der Waals surface area contributed by atoms with Gasteiger partial charge in [-0.15, -0.1) is 10.2 Å². The number of nitrogens with zero attached hydrogens (tertiary/aromatic N) is 3. The van der Waals surface area contributed by atoms with Crippen LogP contribution in [0.1, 0.15) is 43.5 Å². The molecule has 2 fully saturated rings. The van der Waals surface area contributed by atoms with E-state index in [1.165, 1.54) is 37.0 Å². The van der Waals surface area contributed by atoms with E-state index in [9.17, 15) is 4.79 Å². The van der Waals surface area contributed by atoms with Gasteiger partial charge in [0.15, 0.2) is 0 Å². The molecule has 0 atom stereocenters. The normalized spacial score (nSPS) is 21.5. The van der Waals surface area contributed by atoms with Crippen LogP contribution in [0.15, 0.2) is 0 Å². The molecule has 2 heterocycles. The Labute approximate surface area is 117 Å². The molecule has 1 amide bonds. The van der Waals surface area contributed by atoms with Crippen molar-refractivity contribution in [1.82, 2.24) is 15.1 Å². The lowest BCUT2D eigenvalue weighted by Gasteiger charge is -2.29. The molecule has 19 heavy (non-hydrogen) atoms. The predicted octanol–water partition coefficient (Wildman–Crippen LogP) is 2.09. The number of rotatable bonds is 4. The number of piperidine rings is 1. The molecule has 6 heteroatoms. The van der Waals surface area contributed by atoms with Crippen molar-refractivity contribution in [3.63, 3.8) is 0 Å². The highest BCUT2D eigenvalue weighted by Gasteiger charge is 2.28. The fourth-order valence-corrected chi connectivity index (χ4v) is 3.29. The number of hydrogen-bond acceptors (Lipinski definition) is 5. The summed E-state index contributed by atoms with van der Waals surface area (Å²) in [5.41, 5.74) is 0. The minimum atomic E-state index is 0.0352. The van der Waals surface area contributed by atoms with Crippen LogP contribution in [-0.4, -0.2) is 40.6 Å². The molecular weight excluding hydrogens is 260 g/mol. The van der Waals surface area contributed by atoms with E-state index in [1.54, 1.807) is 0 Å². The van der Waals surface area contributed by atoms with E-state index in [-0.39, 0.29) is 5.91 Å². The lowest BCUT2D eigenvalue weighted by Crippen LogP contribution is -2.38. The van der Waals surface area contributed by atoms with Gasteiger partial charge in [0.25, 0.3) is 0 Å². The molecule has 1 aliphatic carbocycles. The fourth-order valence-electron chi connectivity index (χ4n) is 2.36. The van der Waals surface area contributed by atoms with Gasteiger partial charge in [0, 0.05) is 5.92 Å². The van der Waals surface area contributed by atoms with E-state index < -0.39 is 0 Å². The number of aromatic nitrogens is 2. The molecule has 0 bridgehead atoms. The third-order valence-electron chi connectivity index (χ3n) is 3.86. The quantitative estimate of drug-likeness (QED) is 0.917. The second-order valence-electron chi connectivity index (χ2n) is 5.73. The number of likely N-dealkylation sites (tertiary alicyclic amines) is 1. The Hall–Kier alpha value is -1.01. The number of amides is 1. The second kappa shape index (κ2) is 5.54. The lowest BCUT2D eigenvalue weighted by molar-refractivity contribution is -0.117. The Kier molecular flexibility index (Phi) is 3.79. The van der Waals surface area contributed by atoms with Gasteiger partial charge < -0.3 is 0 Å². The van der Waals surface area contributed by atoms with Crippen LogP contribution in [-0.2, 0) is 4.79 Å². The van der Waals surface area contributed by atoms with Gasteiger partial charge in [0.05, 0.1) is 6.54 Å². The van der Waals surface area contributed by atoms with Crippen molar-refractivity contribution in [3.05, 3.63) is 5.01 Å². The molecule has 5 nitrogen and oxygen atoms in total. The maximum Gasteiger partial charge on any atom is 0.240 e. The Morgan fingerprint density at radius 2 is 2.05 bits per heavy atom. The Balaban J connectivity index is 1.47. The molecule has 3 rings (SSSR count). The van der Waals surface area contributed by atoms with Crippen LogP contribution in [0.3, 0.4) is 0 Å². The standard InChI is InChI=1S/C13H20N4OS/c1-9-4-6-17(7-5-9)8-11(18)14-13-16-15-12(19-13)10-2-3-10/h9-10H,2-8H2,1H3,(H,14,16,18). The van der Waals surface area contributed by atoms with E-state index in [4.69, 9.17) is 0 Å². The third-order valence-corrected chi connectivity index (χ3v) is 4.86. The highest BCUT2D eigenvalue weighted by Crippen LogP contribution is 2.41. The number of carbonyl (C=O) groups is 1. The van der Waals surface area contributed by atoms with Crippen molar-refractivity contribution in [3.8, 4) is 0 Å². The van der Waals surface area contributed by atoms with Gasteiger partial charge in [-0.1, -0.05) is 18.3 Å². The first kappa shape index (κ1) is 13.0. The largest absolute Gasteiger partial charge is 0.299 e. The summed E-state index contributed by atoms with van der Waals surface area (Å²) in [5, 5.41) is 12.8. The summed E-state index contributed by atoms with van der Waals surface area (Å²) in [7, 11) is 0. The number of hydrogen-bond donors (Lipinski definition) is 1. The topological polar surface area (TPSA) is 58.1 Å². The van der Waals surface area contributed by atoms with Crippen LogP contribution in [0.4, 0.5) is 5.13 Å². The molecule has 1 aromatic rings. The molecule has 104 valence electrons. The van der Waals surface area contributed by atoms with Crippen molar-refractivity contribution in [2.45, 2.75) is 38.5 Å². The van der Waals surface area contributed by atoms with Crippen LogP contribution >= 0.6 is 11.3 Å². The summed E-state index contributed by atoms with van der Waals surface area (Å²) in [5.74, 6) is 1.43. The van der Waals surface area contributed by atoms with Crippen LogP contribution < -0.4 is 5.32 Å². The summed E-state index contributed by atoms with van der Waals surface area (Å²) < 4.78 is 0. The SMILES string of the molecule is CC1CCN(CC(=O)Nc2nnc(C3CC3)s2)CC1. The summed E-state index contributed by atoms with van der Waals surface area (Å²) in [4.78, 5) is 14.2. The molecule has 1 N–H and O–H groups in total. The Morgan fingerprint density at radius 1 is 1.32 bits per heavy atom. The maximum absolute atomic E-state index is 11.9. The van der Waals surface area contributed by atoms with E-state index in [0.29, 0.717) is 17.6 Å². The zero-order valence-corrected chi connectivity index (χ0v) is 12.1. The van der Waals surface area contributed by atoms with Crippen LogP contribution in [0.25, 0.3) is 0 Å². The van der Waals surface area contributed by atoms with Gasteiger partial charge in [0.1, 0.15) is 5.01 Å². The molecular formula is C13H20N4OS. The van der Waals surface area contributed by atoms with E-state index in [0.717, 1.165) is 24.0 Å². The zero-order valence-electron chi connectivity index (χ0n) is 11.3. The molecule has 2 aliphatic rings. The monoisotopic (exact) mass is 280 g/mol. The molecule has 1 saturated carbocycles. The lowest BCUT2D eigenvalue weighted by atomic mass is 9.99. The first-order chi connectivity index (χ1) is 9.20. The van der Waals surface area contributed by atoms with Gasteiger partial charge in [-0.25, -0.2) is 0 Å². The van der Waals surface area contributed by atoms with Gasteiger partial charge in [0.2, 0.25) is 11.0 Å². The predicted molar refractivity (Wildman–Crippen MR) is 75.4 cm³/mol. The molecule has 1 saturated heterocycles. The average molecular weight is 280 g/mol. The summed E-state index contributed by atoms with van der Waals surface area (Å²) in [6.07, 6.45) is 4.82. The van der Waals surface area contributed by atoms with Gasteiger partial charge in [-0.05, 0) is 44.7 Å². The van der Waals surface area contributed by atoms with Crippen molar-refractivity contribution >= 4 is 22.4 Å². The van der Waals surface area contributed by atoms with E-state index in [2.05, 4.69) is 27.3 Å². The van der Waals surface area contributed by atoms with E-state index >= 15 is 0 Å². The average Bonchev–Trinajstić information content (AvgIpc) is 3.14. The van der Waals surface area contributed by atoms with Gasteiger partial charge in [-0.2, -0.15) is 0 Å². The van der Waals surface area contributed by atoms with Crippen LogP contribution in [0, 0.1) is 5.92 Å². The first-order valence-corrected chi connectivity index (χ1v) is 7.88. The Bertz CT molecular complexity index is 449. The number of carbonyl (C=O) groups excluding carboxylic acids is 1. The highest BCUT2D eigenvalue weighted by atomic mass is 32.1. The fraction of sp³-hybridized carbons (Fsp3) is 0.769. The van der Waals surface area contributed by atoms with Crippen molar-refractivity contribution < 1.29 is 4.79 Å². The van der Waals surface area contributed by atoms with Crippen molar-refractivity contribution in [1.29, 1.82) is 0 Å². The molecule has 1 aromatic heterocycles. The van der Waals surface area contributed by atoms with Crippen LogP contribution in [0.2, 0.25) is 0 Å². The van der Waals surface area contributed by atoms with E-state index in [1.807, 2.05) is 0 Å². The highest BCUT2D eigenvalue weighted by molar-refractivity contribution is 7.15. The van der Waals surface area contributed by atoms with Gasteiger partial charge in [-0.3, -0.25) is 15.0 Å². The van der Waals surface area contributed by atoms with Gasteiger partial charge >= 0.3 is 0 Å². The zero-order chi connectivity index (χ0) is 13.2. The number of anilines is 1. The minimum Gasteiger partial charge on any atom is -0.299 e. The summed E-state index contributed by atoms with van der Waals surface area (Å²) in [6.45, 7) is 4.80. The second-order valence-corrected chi connectivity index (χ2v) is 6.74. The summed E-state index contributed by atoms with van der Waals surface area (Å²) in [6, 6.07) is 0. The molecule has 0 spiro atoms. The van der Waals surface area contributed by atoms with Crippen LogP contribution in [0.5, 0.6) is 0 Å². The molecule has 0 radical (unpaired) electrons. The maximum atomic E-state index is 11.9. The molecule has 0 aromatic carbocycles.